The van der Waals surface area contributed by atoms with Gasteiger partial charge < -0.3 is 5.11 Å². The molecule has 3 heteroatoms. The van der Waals surface area contributed by atoms with Crippen LogP contribution in [0.15, 0.2) is 4.99 Å². The molecule has 0 saturated carbocycles. The SMILES string of the molecule is CCCC(O)(CC)C(C)=NC(C)C.[Pm]. The van der Waals surface area contributed by atoms with Crippen molar-refractivity contribution < 1.29 is 45.5 Å². The molecule has 0 saturated heterocycles. The molecular weight excluding hydrogens is 307 g/mol. The van der Waals surface area contributed by atoms with Crippen LogP contribution in [-0.2, 0) is 0 Å². The van der Waals surface area contributed by atoms with Crippen LogP contribution in [0, 0.1) is 40.4 Å². The smallest absolute Gasteiger partial charge is 0.102 e. The van der Waals surface area contributed by atoms with E-state index >= 15 is 0 Å². The molecule has 0 amide bonds. The number of aliphatic imine (C=N–C) groups is 1. The first-order valence-corrected chi connectivity index (χ1v) is 5.23. The van der Waals surface area contributed by atoms with E-state index in [4.69, 9.17) is 0 Å². The van der Waals surface area contributed by atoms with Crippen molar-refractivity contribution in [2.24, 2.45) is 4.99 Å². The fourth-order valence-electron chi connectivity index (χ4n) is 1.53. The largest absolute Gasteiger partial charge is 0.384 e. The van der Waals surface area contributed by atoms with Gasteiger partial charge in [-0.3, -0.25) is 4.99 Å². The van der Waals surface area contributed by atoms with Gasteiger partial charge in [0.15, 0.2) is 0 Å². The van der Waals surface area contributed by atoms with Crippen molar-refractivity contribution in [1.82, 2.24) is 0 Å². The van der Waals surface area contributed by atoms with E-state index in [1.165, 1.54) is 0 Å². The van der Waals surface area contributed by atoms with Crippen LogP contribution in [0.5, 0.6) is 0 Å². The number of hydrogen-bond donors (Lipinski definition) is 1. The number of nitrogens with zero attached hydrogens (tertiary/aromatic N) is 1. The summed E-state index contributed by atoms with van der Waals surface area (Å²) >= 11 is 0. The van der Waals surface area contributed by atoms with E-state index in [1.54, 1.807) is 0 Å². The monoisotopic (exact) mass is 330 g/mol. The van der Waals surface area contributed by atoms with Crippen molar-refractivity contribution in [1.29, 1.82) is 0 Å². The average Bonchev–Trinajstić information content (AvgIpc) is 2.03. The predicted molar refractivity (Wildman–Crippen MR) is 58.4 cm³/mol. The van der Waals surface area contributed by atoms with Gasteiger partial charge in [-0.05, 0) is 33.6 Å². The van der Waals surface area contributed by atoms with Gasteiger partial charge in [-0.25, -0.2) is 0 Å². The van der Waals surface area contributed by atoms with E-state index in [9.17, 15) is 5.11 Å². The molecule has 0 spiro atoms. The summed E-state index contributed by atoms with van der Waals surface area (Å²) in [5.74, 6) is 0. The van der Waals surface area contributed by atoms with Crippen molar-refractivity contribution >= 4 is 5.71 Å². The number of rotatable bonds is 5. The van der Waals surface area contributed by atoms with Crippen LogP contribution < -0.4 is 0 Å². The van der Waals surface area contributed by atoms with Gasteiger partial charge in [-0.1, -0.05) is 20.3 Å². The van der Waals surface area contributed by atoms with Crippen LogP contribution in [0.3, 0.4) is 0 Å². The van der Waals surface area contributed by atoms with Crippen LogP contribution in [-0.4, -0.2) is 22.5 Å². The van der Waals surface area contributed by atoms with Crippen LogP contribution in [0.4, 0.5) is 0 Å². The summed E-state index contributed by atoms with van der Waals surface area (Å²) in [7, 11) is 0. The van der Waals surface area contributed by atoms with E-state index in [0.717, 1.165) is 25.0 Å². The molecule has 0 fully saturated rings. The molecular formula is C11H23NOPm. The van der Waals surface area contributed by atoms with Crippen molar-refractivity contribution in [2.75, 3.05) is 0 Å². The molecule has 1 radical (unpaired) electrons. The normalized spacial score (nSPS) is 16.4. The van der Waals surface area contributed by atoms with Gasteiger partial charge in [-0.2, -0.15) is 0 Å². The first-order chi connectivity index (χ1) is 5.96. The molecule has 83 valence electrons. The molecule has 1 unspecified atom stereocenters. The van der Waals surface area contributed by atoms with Gasteiger partial charge in [0.05, 0.1) is 0 Å². The Labute approximate surface area is 121 Å². The fraction of sp³-hybridized carbons (Fsp3) is 0.909. The van der Waals surface area contributed by atoms with E-state index in [0.29, 0.717) is 0 Å². The number of aliphatic hydroxyl groups is 1. The summed E-state index contributed by atoms with van der Waals surface area (Å²) in [4.78, 5) is 4.41. The topological polar surface area (TPSA) is 32.6 Å². The van der Waals surface area contributed by atoms with Gasteiger partial charge in [0.2, 0.25) is 0 Å². The van der Waals surface area contributed by atoms with Crippen molar-refractivity contribution in [2.45, 2.75) is 65.5 Å². The second kappa shape index (κ2) is 8.16. The quantitative estimate of drug-likeness (QED) is 0.773. The molecule has 1 atom stereocenters. The Morgan fingerprint density at radius 3 is 2.14 bits per heavy atom. The van der Waals surface area contributed by atoms with Crippen LogP contribution >= 0.6 is 0 Å². The summed E-state index contributed by atoms with van der Waals surface area (Å²) < 4.78 is 0. The Bertz CT molecular complexity index is 180. The zero-order valence-electron chi connectivity index (χ0n) is 10.0. The van der Waals surface area contributed by atoms with E-state index in [1.807, 2.05) is 27.7 Å². The van der Waals surface area contributed by atoms with Gasteiger partial charge in [0.1, 0.15) is 5.60 Å². The van der Waals surface area contributed by atoms with E-state index in [2.05, 4.69) is 11.9 Å². The fourth-order valence-corrected chi connectivity index (χ4v) is 1.53. The minimum absolute atomic E-state index is 0. The molecule has 0 aliphatic rings. The molecule has 0 aliphatic carbocycles. The Balaban J connectivity index is 0. The van der Waals surface area contributed by atoms with Crippen LogP contribution in [0.1, 0.15) is 53.9 Å². The zero-order valence-corrected chi connectivity index (χ0v) is 12.9. The molecule has 0 rings (SSSR count). The van der Waals surface area contributed by atoms with Gasteiger partial charge in [0.25, 0.3) is 0 Å². The maximum absolute atomic E-state index is 10.2. The second-order valence-electron chi connectivity index (χ2n) is 3.94. The summed E-state index contributed by atoms with van der Waals surface area (Å²) in [5, 5.41) is 10.2. The van der Waals surface area contributed by atoms with E-state index < -0.39 is 5.60 Å². The maximum atomic E-state index is 10.2. The summed E-state index contributed by atoms with van der Waals surface area (Å²) in [6.07, 6.45) is 2.56. The molecule has 0 aromatic heterocycles. The molecule has 2 nitrogen and oxygen atoms in total. The number of hydrogen-bond acceptors (Lipinski definition) is 2. The Kier molecular flexibility index (Phi) is 10.1. The van der Waals surface area contributed by atoms with Crippen molar-refractivity contribution in [3.63, 3.8) is 0 Å². The Hall–Kier alpha value is 0.968. The molecule has 14 heavy (non-hydrogen) atoms. The van der Waals surface area contributed by atoms with Gasteiger partial charge >= 0.3 is 0 Å². The van der Waals surface area contributed by atoms with Gasteiger partial charge in [0, 0.05) is 52.1 Å². The summed E-state index contributed by atoms with van der Waals surface area (Å²) in [6, 6.07) is 0.273. The second-order valence-corrected chi connectivity index (χ2v) is 3.94. The maximum Gasteiger partial charge on any atom is 0.102 e. The molecule has 0 aromatic rings. The third-order valence-corrected chi connectivity index (χ3v) is 2.37. The zero-order chi connectivity index (χ0) is 10.5. The molecule has 1 N–H and O–H groups in total. The van der Waals surface area contributed by atoms with Crippen LogP contribution in [0.2, 0.25) is 0 Å². The third kappa shape index (κ3) is 5.75. The predicted octanol–water partition coefficient (Wildman–Crippen LogP) is 2.80. The average molecular weight is 330 g/mol. The van der Waals surface area contributed by atoms with Crippen molar-refractivity contribution in [3.05, 3.63) is 0 Å². The van der Waals surface area contributed by atoms with Gasteiger partial charge in [-0.15, -0.1) is 0 Å². The summed E-state index contributed by atoms with van der Waals surface area (Å²) in [5.41, 5.74) is 0.214. The Morgan fingerprint density at radius 2 is 1.86 bits per heavy atom. The minimum atomic E-state index is -0.668. The molecule has 0 heterocycles. The summed E-state index contributed by atoms with van der Waals surface area (Å²) in [6.45, 7) is 10.1. The first kappa shape index (κ1) is 17.4. The minimum Gasteiger partial charge on any atom is -0.384 e. The molecule has 0 aromatic carbocycles. The molecule has 0 aliphatic heterocycles. The van der Waals surface area contributed by atoms with E-state index in [-0.39, 0.29) is 46.4 Å². The molecule has 0 bridgehead atoms. The Morgan fingerprint density at radius 1 is 1.36 bits per heavy atom. The standard InChI is InChI=1S/C11H23NO.Pm/c1-6-8-11(13,7-2)10(5)12-9(3)4;/h9,13H,6-8H2,1-5H3;. The van der Waals surface area contributed by atoms with Crippen molar-refractivity contribution in [3.8, 4) is 0 Å². The van der Waals surface area contributed by atoms with Crippen LogP contribution in [0.25, 0.3) is 0 Å². The third-order valence-electron chi connectivity index (χ3n) is 2.37. The first-order valence-electron chi connectivity index (χ1n) is 5.23.